The van der Waals surface area contributed by atoms with Gasteiger partial charge in [0.05, 0.1) is 27.6 Å². The van der Waals surface area contributed by atoms with Crippen LogP contribution in [0.4, 0.5) is 0 Å². The molecule has 3 heteroatoms. The summed E-state index contributed by atoms with van der Waals surface area (Å²) in [5.41, 5.74) is 16.2. The van der Waals surface area contributed by atoms with Crippen LogP contribution in [0.5, 0.6) is 0 Å². The fraction of sp³-hybridized carbons (Fsp3) is 0.0380. The molecule has 3 aromatic heterocycles. The van der Waals surface area contributed by atoms with Crippen molar-refractivity contribution in [2.24, 2.45) is 0 Å². The van der Waals surface area contributed by atoms with E-state index in [1.165, 1.54) is 153 Å². The molecule has 0 spiro atoms. The van der Waals surface area contributed by atoms with Gasteiger partial charge in [-0.3, -0.25) is 0 Å². The summed E-state index contributed by atoms with van der Waals surface area (Å²) in [6.07, 6.45) is 6.68. The Morgan fingerprint density at radius 3 is 1.09 bits per heavy atom. The zero-order valence-electron chi connectivity index (χ0n) is 45.9. The number of hydrogen-bond donors (Lipinski definition) is 0. The minimum Gasteiger partial charge on any atom is -0.316 e. The number of aromatic nitrogens is 3. The molecule has 0 unspecified atom stereocenters. The number of nitrogens with zero attached hydrogens (tertiary/aromatic N) is 3. The molecule has 0 aliphatic rings. The molecule has 0 fully saturated rings. The topological polar surface area (TPSA) is 14.8 Å². The number of fused-ring (bicyclic) bond motifs is 23. The minimum absolute atomic E-state index is 1.15. The molecule has 3 heterocycles. The molecule has 14 aromatic carbocycles. The van der Waals surface area contributed by atoms with Crippen molar-refractivity contribution < 1.29 is 0 Å². The van der Waals surface area contributed by atoms with Crippen LogP contribution < -0.4 is 0 Å². The van der Waals surface area contributed by atoms with E-state index in [1.807, 2.05) is 0 Å². The van der Waals surface area contributed by atoms with Gasteiger partial charge in [-0.05, 0) is 129 Å². The molecule has 0 saturated heterocycles. The van der Waals surface area contributed by atoms with E-state index in [0.29, 0.717) is 0 Å². The molecule has 0 aliphatic heterocycles. The first kappa shape index (κ1) is 47.5. The van der Waals surface area contributed by atoms with Gasteiger partial charge in [-0.1, -0.05) is 236 Å². The van der Waals surface area contributed by atoms with E-state index in [-0.39, 0.29) is 0 Å². The summed E-state index contributed by atoms with van der Waals surface area (Å²) < 4.78 is 7.44. The summed E-state index contributed by atoms with van der Waals surface area (Å²) in [5.74, 6) is 0. The maximum Gasteiger partial charge on any atom is 0.0641 e. The quantitative estimate of drug-likeness (QED) is 0.153. The van der Waals surface area contributed by atoms with E-state index in [0.717, 1.165) is 11.4 Å². The van der Waals surface area contributed by atoms with E-state index in [2.05, 4.69) is 314 Å². The summed E-state index contributed by atoms with van der Waals surface area (Å²) in [5, 5.41) is 21.9. The van der Waals surface area contributed by atoms with Crippen molar-refractivity contribution >= 4 is 125 Å². The van der Waals surface area contributed by atoms with Gasteiger partial charge in [-0.15, -0.1) is 0 Å². The summed E-state index contributed by atoms with van der Waals surface area (Å²) in [6, 6.07) is 95.2. The Balaban J connectivity index is 0.000000141. The number of benzene rings is 14. The normalized spacial score (nSPS) is 12.0. The lowest BCUT2D eigenvalue weighted by molar-refractivity contribution is 1.13. The van der Waals surface area contributed by atoms with Gasteiger partial charge in [0, 0.05) is 71.7 Å². The van der Waals surface area contributed by atoms with Crippen molar-refractivity contribution in [2.75, 3.05) is 0 Å². The number of hydrogen-bond acceptors (Lipinski definition) is 0. The molecule has 17 aromatic rings. The average molecular weight is 1050 g/mol. The van der Waals surface area contributed by atoms with Crippen molar-refractivity contribution in [1.82, 2.24) is 13.7 Å². The van der Waals surface area contributed by atoms with Crippen LogP contribution in [0.25, 0.3) is 153 Å². The SMILES string of the molecule is C/C=C\c1c(C)c2c3c4ccccc4c4ccccc4c3n(-c3ccccc3)c2c2ccccc12.Cc1ccc(-c2ccc(-n3ccc4c5ccccc5c5c(c6c7ccccc7c7ccccc7c6n5-c5ccccc5)c43)cc2)cc1. The molecule has 386 valence electrons. The minimum atomic E-state index is 1.15. The van der Waals surface area contributed by atoms with Gasteiger partial charge in [0.2, 0.25) is 0 Å². The van der Waals surface area contributed by atoms with Crippen LogP contribution >= 0.6 is 0 Å². The first-order valence-corrected chi connectivity index (χ1v) is 28.5. The van der Waals surface area contributed by atoms with Gasteiger partial charge < -0.3 is 13.7 Å². The molecule has 0 radical (unpaired) electrons. The Kier molecular flexibility index (Phi) is 10.9. The van der Waals surface area contributed by atoms with Crippen molar-refractivity contribution in [1.29, 1.82) is 0 Å². The van der Waals surface area contributed by atoms with E-state index in [1.54, 1.807) is 0 Å². The highest BCUT2D eigenvalue weighted by Gasteiger charge is 2.26. The van der Waals surface area contributed by atoms with Gasteiger partial charge in [0.25, 0.3) is 0 Å². The van der Waals surface area contributed by atoms with Crippen molar-refractivity contribution in [3.05, 3.63) is 290 Å². The third-order valence-corrected chi connectivity index (χ3v) is 17.4. The molecular formula is C79H55N3. The zero-order valence-corrected chi connectivity index (χ0v) is 45.9. The predicted molar refractivity (Wildman–Crippen MR) is 353 cm³/mol. The van der Waals surface area contributed by atoms with Crippen molar-refractivity contribution in [2.45, 2.75) is 20.8 Å². The van der Waals surface area contributed by atoms with Gasteiger partial charge in [0.15, 0.2) is 0 Å². The van der Waals surface area contributed by atoms with Gasteiger partial charge in [-0.2, -0.15) is 0 Å². The Labute approximate surface area is 475 Å². The first-order valence-electron chi connectivity index (χ1n) is 28.5. The van der Waals surface area contributed by atoms with Crippen molar-refractivity contribution in [3.63, 3.8) is 0 Å². The molecule has 0 saturated carbocycles. The second-order valence-electron chi connectivity index (χ2n) is 21.9. The highest BCUT2D eigenvalue weighted by Crippen LogP contribution is 2.50. The van der Waals surface area contributed by atoms with Crippen LogP contribution in [0.15, 0.2) is 273 Å². The van der Waals surface area contributed by atoms with E-state index in [4.69, 9.17) is 0 Å². The van der Waals surface area contributed by atoms with E-state index >= 15 is 0 Å². The molecule has 0 atom stereocenters. The van der Waals surface area contributed by atoms with Crippen LogP contribution in [-0.2, 0) is 0 Å². The maximum atomic E-state index is 2.53. The average Bonchev–Trinajstić information content (AvgIpc) is 3.03. The van der Waals surface area contributed by atoms with E-state index in [9.17, 15) is 0 Å². The lowest BCUT2D eigenvalue weighted by Crippen LogP contribution is -1.96. The molecular weight excluding hydrogens is 991 g/mol. The highest BCUT2D eigenvalue weighted by atomic mass is 15.0. The summed E-state index contributed by atoms with van der Waals surface area (Å²) >= 11 is 0. The van der Waals surface area contributed by atoms with Crippen LogP contribution in [0.2, 0.25) is 0 Å². The monoisotopic (exact) mass is 1050 g/mol. The largest absolute Gasteiger partial charge is 0.316 e. The Morgan fingerprint density at radius 2 is 0.610 bits per heavy atom. The van der Waals surface area contributed by atoms with Crippen LogP contribution in [-0.4, -0.2) is 13.7 Å². The molecule has 0 aliphatic carbocycles. The van der Waals surface area contributed by atoms with Crippen molar-refractivity contribution in [3.8, 4) is 28.2 Å². The van der Waals surface area contributed by atoms with E-state index < -0.39 is 0 Å². The molecule has 82 heavy (non-hydrogen) atoms. The van der Waals surface area contributed by atoms with Crippen LogP contribution in [0.1, 0.15) is 23.6 Å². The molecule has 17 rings (SSSR count). The molecule has 3 nitrogen and oxygen atoms in total. The zero-order chi connectivity index (χ0) is 54.6. The van der Waals surface area contributed by atoms with Gasteiger partial charge >= 0.3 is 0 Å². The molecule has 0 amide bonds. The number of allylic oxidation sites excluding steroid dienone is 1. The summed E-state index contributed by atoms with van der Waals surface area (Å²) in [6.45, 7) is 6.53. The fourth-order valence-electron chi connectivity index (χ4n) is 13.9. The molecule has 0 bridgehead atoms. The number of para-hydroxylation sites is 2. The van der Waals surface area contributed by atoms with Gasteiger partial charge in [0.1, 0.15) is 0 Å². The maximum absolute atomic E-state index is 2.53. The summed E-state index contributed by atoms with van der Waals surface area (Å²) in [7, 11) is 0. The third kappa shape index (κ3) is 7.03. The number of rotatable bonds is 5. The Bertz CT molecular complexity index is 5440. The number of aryl methyl sites for hydroxylation is 2. The third-order valence-electron chi connectivity index (χ3n) is 17.4. The second kappa shape index (κ2) is 18.8. The predicted octanol–water partition coefficient (Wildman–Crippen LogP) is 21.7. The lowest BCUT2D eigenvalue weighted by atomic mass is 9.91. The highest BCUT2D eigenvalue weighted by molar-refractivity contribution is 6.40. The lowest BCUT2D eigenvalue weighted by Gasteiger charge is -2.14. The first-order chi connectivity index (χ1) is 40.6. The smallest absolute Gasteiger partial charge is 0.0641 e. The summed E-state index contributed by atoms with van der Waals surface area (Å²) in [4.78, 5) is 0. The van der Waals surface area contributed by atoms with Crippen LogP contribution in [0, 0.1) is 13.8 Å². The van der Waals surface area contributed by atoms with Gasteiger partial charge in [-0.25, -0.2) is 0 Å². The molecule has 0 N–H and O–H groups in total. The Hall–Kier alpha value is -10.5. The Morgan fingerprint density at radius 1 is 0.268 bits per heavy atom. The fourth-order valence-corrected chi connectivity index (χ4v) is 13.9. The van der Waals surface area contributed by atoms with Crippen LogP contribution in [0.3, 0.4) is 0 Å². The standard InChI is InChI=1S/C45H30N2.C34H25N/c1-29-19-21-30(22-20-29)31-23-25-32(26-24-31)46-28-27-40-36-15-7-10-18-39(36)45-42(43(40)46)41-37-16-8-5-13-34(37)35-14-6-9-17-38(35)44(41)47(45)33-11-3-2-4-12-33;1-3-13-24-22(2)31-32-28-19-10-7-17-26(28)27-18-9-12-21-30(27)34(32)35(23-14-5-4-6-15-23)33(31)29-20-11-8-16-25(24)29/h2-28H,1H3;3-21H,1-2H3/b;13-3-. The second-order valence-corrected chi connectivity index (χ2v) is 21.9.